The van der Waals surface area contributed by atoms with Gasteiger partial charge in [0.2, 0.25) is 5.91 Å². The van der Waals surface area contributed by atoms with Gasteiger partial charge in [0.1, 0.15) is 5.82 Å². The van der Waals surface area contributed by atoms with Gasteiger partial charge in [0.05, 0.1) is 6.54 Å². The zero-order valence-electron chi connectivity index (χ0n) is 15.4. The van der Waals surface area contributed by atoms with Crippen molar-refractivity contribution < 1.29 is 9.18 Å². The molecule has 6 rings (SSSR count). The van der Waals surface area contributed by atoms with Gasteiger partial charge in [-0.1, -0.05) is 12.1 Å². The minimum absolute atomic E-state index is 0.0942. The maximum Gasteiger partial charge on any atom is 0.234 e. The summed E-state index contributed by atoms with van der Waals surface area (Å²) in [5.41, 5.74) is 1.18. The molecule has 0 aromatic heterocycles. The van der Waals surface area contributed by atoms with E-state index in [-0.39, 0.29) is 17.3 Å². The van der Waals surface area contributed by atoms with Gasteiger partial charge < -0.3 is 5.32 Å². The van der Waals surface area contributed by atoms with Gasteiger partial charge in [-0.05, 0) is 86.8 Å². The molecule has 4 bridgehead atoms. The van der Waals surface area contributed by atoms with Crippen molar-refractivity contribution in [3.63, 3.8) is 0 Å². The fourth-order valence-electron chi connectivity index (χ4n) is 6.36. The maximum atomic E-state index is 13.1. The summed E-state index contributed by atoms with van der Waals surface area (Å²) in [5, 5.41) is 3.49. The summed E-state index contributed by atoms with van der Waals surface area (Å²) in [6.07, 6.45) is 10.1. The van der Waals surface area contributed by atoms with Crippen LogP contribution in [0.15, 0.2) is 24.3 Å². The van der Waals surface area contributed by atoms with Crippen LogP contribution in [0.3, 0.4) is 0 Å². The first-order valence-electron chi connectivity index (χ1n) is 10.4. The molecule has 1 N–H and O–H groups in total. The molecule has 1 amide bonds. The fourth-order valence-corrected chi connectivity index (χ4v) is 6.36. The van der Waals surface area contributed by atoms with Crippen molar-refractivity contribution >= 4 is 5.91 Å². The summed E-state index contributed by atoms with van der Waals surface area (Å²) < 4.78 is 13.1. The van der Waals surface area contributed by atoms with E-state index in [2.05, 4.69) is 10.2 Å². The lowest BCUT2D eigenvalue weighted by molar-refractivity contribution is -0.128. The molecule has 0 atom stereocenters. The van der Waals surface area contributed by atoms with Crippen LogP contribution in [-0.4, -0.2) is 28.9 Å². The van der Waals surface area contributed by atoms with E-state index in [9.17, 15) is 9.18 Å². The number of rotatable bonds is 6. The number of carbonyl (C=O) groups excluding carboxylic acids is 1. The lowest BCUT2D eigenvalue weighted by atomic mass is 9.53. The molecule has 1 aromatic carbocycles. The standard InChI is InChI=1S/C22H29FN2O/c23-19-3-1-15(2-4-19)13-25(20-5-6-20)14-21(26)24-22-10-16-7-17(11-22)9-18(8-16)12-22/h1-4,16-18,20H,5-14H2,(H,24,26). The van der Waals surface area contributed by atoms with Crippen LogP contribution in [0.5, 0.6) is 0 Å². The average molecular weight is 356 g/mol. The Morgan fingerprint density at radius 1 is 1.04 bits per heavy atom. The molecule has 0 aliphatic heterocycles. The molecule has 0 spiro atoms. The SMILES string of the molecule is O=C(CN(Cc1ccc(F)cc1)C1CC1)NC12CC3CC(CC(C3)C1)C2. The number of carbonyl (C=O) groups is 1. The summed E-state index contributed by atoms with van der Waals surface area (Å²) in [5.74, 6) is 2.54. The molecular formula is C22H29FN2O. The Kier molecular flexibility index (Phi) is 4.07. The predicted octanol–water partition coefficient (Wildman–Crippen LogP) is 3.88. The van der Waals surface area contributed by atoms with Crippen LogP contribution in [0.4, 0.5) is 4.39 Å². The third kappa shape index (κ3) is 3.40. The molecule has 0 heterocycles. The molecule has 3 nitrogen and oxygen atoms in total. The molecule has 0 unspecified atom stereocenters. The van der Waals surface area contributed by atoms with E-state index in [0.29, 0.717) is 12.6 Å². The summed E-state index contributed by atoms with van der Waals surface area (Å²) in [6, 6.07) is 7.21. The number of benzene rings is 1. The van der Waals surface area contributed by atoms with E-state index in [1.165, 1.54) is 63.5 Å². The number of hydrogen-bond acceptors (Lipinski definition) is 2. The lowest BCUT2D eigenvalue weighted by Crippen LogP contribution is -2.61. The Morgan fingerprint density at radius 3 is 2.15 bits per heavy atom. The second-order valence-electron chi connectivity index (χ2n) is 9.51. The molecule has 26 heavy (non-hydrogen) atoms. The van der Waals surface area contributed by atoms with Gasteiger partial charge in [-0.25, -0.2) is 4.39 Å². The molecule has 0 radical (unpaired) electrons. The van der Waals surface area contributed by atoms with Gasteiger partial charge in [-0.3, -0.25) is 9.69 Å². The second kappa shape index (κ2) is 6.33. The normalized spacial score (nSPS) is 35.1. The first-order chi connectivity index (χ1) is 12.6. The largest absolute Gasteiger partial charge is 0.350 e. The fraction of sp³-hybridized carbons (Fsp3) is 0.682. The maximum absolute atomic E-state index is 13.1. The Balaban J connectivity index is 1.23. The Morgan fingerprint density at radius 2 is 1.62 bits per heavy atom. The number of nitrogens with zero attached hydrogens (tertiary/aromatic N) is 1. The highest BCUT2D eigenvalue weighted by Gasteiger charge is 2.51. The first-order valence-corrected chi connectivity index (χ1v) is 10.4. The summed E-state index contributed by atoms with van der Waals surface area (Å²) >= 11 is 0. The van der Waals surface area contributed by atoms with Crippen LogP contribution in [0.2, 0.25) is 0 Å². The van der Waals surface area contributed by atoms with Crippen LogP contribution in [0.1, 0.15) is 56.9 Å². The summed E-state index contributed by atoms with van der Waals surface area (Å²) in [4.78, 5) is 15.2. The minimum atomic E-state index is -0.203. The van der Waals surface area contributed by atoms with Crippen molar-refractivity contribution in [3.05, 3.63) is 35.6 Å². The molecule has 5 fully saturated rings. The predicted molar refractivity (Wildman–Crippen MR) is 98.9 cm³/mol. The van der Waals surface area contributed by atoms with Crippen molar-refractivity contribution in [2.45, 2.75) is 69.5 Å². The second-order valence-corrected chi connectivity index (χ2v) is 9.51. The van der Waals surface area contributed by atoms with Gasteiger partial charge in [0.25, 0.3) is 0 Å². The highest BCUT2D eigenvalue weighted by atomic mass is 19.1. The smallest absolute Gasteiger partial charge is 0.234 e. The van der Waals surface area contributed by atoms with Crippen LogP contribution in [-0.2, 0) is 11.3 Å². The van der Waals surface area contributed by atoms with Gasteiger partial charge in [0, 0.05) is 18.1 Å². The molecule has 5 saturated carbocycles. The molecule has 0 saturated heterocycles. The third-order valence-corrected chi connectivity index (χ3v) is 7.15. The molecular weight excluding hydrogens is 327 g/mol. The van der Waals surface area contributed by atoms with Crippen molar-refractivity contribution in [1.82, 2.24) is 10.2 Å². The zero-order chi connectivity index (χ0) is 17.7. The van der Waals surface area contributed by atoms with E-state index in [0.717, 1.165) is 29.9 Å². The van der Waals surface area contributed by atoms with Crippen LogP contribution >= 0.6 is 0 Å². The minimum Gasteiger partial charge on any atom is -0.350 e. The van der Waals surface area contributed by atoms with E-state index in [1.54, 1.807) is 0 Å². The van der Waals surface area contributed by atoms with Crippen molar-refractivity contribution in [3.8, 4) is 0 Å². The lowest BCUT2D eigenvalue weighted by Gasteiger charge is -2.57. The molecule has 140 valence electrons. The summed E-state index contributed by atoms with van der Waals surface area (Å²) in [7, 11) is 0. The van der Waals surface area contributed by atoms with Crippen LogP contribution in [0, 0.1) is 23.6 Å². The van der Waals surface area contributed by atoms with Crippen molar-refractivity contribution in [2.75, 3.05) is 6.54 Å². The highest BCUT2D eigenvalue weighted by molar-refractivity contribution is 5.79. The average Bonchev–Trinajstić information content (AvgIpc) is 3.39. The highest BCUT2D eigenvalue weighted by Crippen LogP contribution is 2.55. The molecule has 1 aromatic rings. The van der Waals surface area contributed by atoms with Gasteiger partial charge in [-0.15, -0.1) is 0 Å². The van der Waals surface area contributed by atoms with E-state index < -0.39 is 0 Å². The Labute approximate surface area is 155 Å². The molecule has 4 heteroatoms. The zero-order valence-corrected chi connectivity index (χ0v) is 15.4. The van der Waals surface area contributed by atoms with E-state index >= 15 is 0 Å². The van der Waals surface area contributed by atoms with Gasteiger partial charge in [0.15, 0.2) is 0 Å². The molecule has 5 aliphatic rings. The van der Waals surface area contributed by atoms with Crippen molar-refractivity contribution in [1.29, 1.82) is 0 Å². The number of amides is 1. The molecule has 5 aliphatic carbocycles. The van der Waals surface area contributed by atoms with E-state index in [1.807, 2.05) is 12.1 Å². The first kappa shape index (κ1) is 16.7. The van der Waals surface area contributed by atoms with Gasteiger partial charge in [-0.2, -0.15) is 0 Å². The number of nitrogens with one attached hydrogen (secondary N) is 1. The van der Waals surface area contributed by atoms with Crippen molar-refractivity contribution in [2.24, 2.45) is 17.8 Å². The summed E-state index contributed by atoms with van der Waals surface area (Å²) in [6.45, 7) is 1.21. The Hall–Kier alpha value is -1.42. The quantitative estimate of drug-likeness (QED) is 0.839. The van der Waals surface area contributed by atoms with Crippen LogP contribution in [0.25, 0.3) is 0 Å². The Bertz CT molecular complexity index is 647. The number of hydrogen-bond donors (Lipinski definition) is 1. The third-order valence-electron chi connectivity index (χ3n) is 7.15. The van der Waals surface area contributed by atoms with Gasteiger partial charge >= 0.3 is 0 Å². The van der Waals surface area contributed by atoms with Crippen LogP contribution < -0.4 is 5.32 Å². The van der Waals surface area contributed by atoms with E-state index in [4.69, 9.17) is 0 Å². The number of halogens is 1. The topological polar surface area (TPSA) is 32.3 Å². The monoisotopic (exact) mass is 356 g/mol.